The fraction of sp³-hybridized carbons (Fsp3) is 0.526. The first-order valence-corrected chi connectivity index (χ1v) is 8.82. The molecule has 3 amide bonds. The molecule has 26 heavy (non-hydrogen) atoms. The Labute approximate surface area is 154 Å². The molecule has 1 N–H and O–H groups in total. The molecule has 1 heterocycles. The van der Waals surface area contributed by atoms with Gasteiger partial charge in [-0.1, -0.05) is 20.8 Å². The van der Waals surface area contributed by atoms with Gasteiger partial charge in [-0.3, -0.25) is 4.79 Å². The average Bonchev–Trinajstić information content (AvgIpc) is 2.83. The van der Waals surface area contributed by atoms with Crippen LogP contribution < -0.4 is 14.8 Å². The van der Waals surface area contributed by atoms with Gasteiger partial charge in [-0.15, -0.1) is 5.01 Å². The Hall–Kier alpha value is -2.57. The number of rotatable bonds is 8. The fourth-order valence-electron chi connectivity index (χ4n) is 2.43. The number of nitrogens with one attached hydrogen (secondary N) is 1. The smallest absolute Gasteiger partial charge is 0.346 e. The average molecular weight is 361 g/mol. The van der Waals surface area contributed by atoms with Gasteiger partial charge >= 0.3 is 6.03 Å². The van der Waals surface area contributed by atoms with Crippen molar-refractivity contribution in [1.29, 1.82) is 0 Å². The molecule has 0 bridgehead atoms. The second-order valence-corrected chi connectivity index (χ2v) is 6.92. The van der Waals surface area contributed by atoms with Crippen LogP contribution in [0.1, 0.15) is 46.1 Å². The van der Waals surface area contributed by atoms with E-state index in [9.17, 15) is 9.59 Å². The highest BCUT2D eigenvalue weighted by Gasteiger charge is 2.46. The summed E-state index contributed by atoms with van der Waals surface area (Å²) < 4.78 is 11.1. The first kappa shape index (κ1) is 19.8. The number of hydrogen-bond donors (Lipinski definition) is 1. The van der Waals surface area contributed by atoms with Crippen LogP contribution in [-0.2, 0) is 4.79 Å². The zero-order chi connectivity index (χ0) is 19.3. The maximum Gasteiger partial charge on any atom is 0.346 e. The van der Waals surface area contributed by atoms with Gasteiger partial charge in [-0.2, -0.15) is 5.10 Å². The zero-order valence-electron chi connectivity index (χ0n) is 16.0. The molecule has 1 atom stereocenters. The summed E-state index contributed by atoms with van der Waals surface area (Å²) in [5.74, 6) is 1.43. The van der Waals surface area contributed by atoms with E-state index in [4.69, 9.17) is 9.47 Å². The quantitative estimate of drug-likeness (QED) is 0.570. The number of nitrogens with zero attached hydrogens (tertiary/aromatic N) is 2. The molecule has 142 valence electrons. The molecular formula is C19H27N3O4. The van der Waals surface area contributed by atoms with Gasteiger partial charge in [-0.25, -0.2) is 4.79 Å². The van der Waals surface area contributed by atoms with Crippen molar-refractivity contribution in [2.75, 3.05) is 13.7 Å². The maximum absolute atomic E-state index is 12.3. The van der Waals surface area contributed by atoms with Crippen LogP contribution in [0.4, 0.5) is 4.79 Å². The molecule has 1 unspecified atom stereocenters. The van der Waals surface area contributed by atoms with E-state index >= 15 is 0 Å². The van der Waals surface area contributed by atoms with E-state index in [1.807, 2.05) is 6.92 Å². The van der Waals surface area contributed by atoms with Crippen LogP contribution in [0.15, 0.2) is 23.3 Å². The number of benzene rings is 1. The Kier molecular flexibility index (Phi) is 6.23. The third kappa shape index (κ3) is 4.33. The molecule has 0 saturated carbocycles. The second kappa shape index (κ2) is 8.21. The predicted octanol–water partition coefficient (Wildman–Crippen LogP) is 3.17. The van der Waals surface area contributed by atoms with E-state index in [1.165, 1.54) is 6.21 Å². The molecular weight excluding hydrogens is 334 g/mol. The fourth-order valence-corrected chi connectivity index (χ4v) is 2.43. The van der Waals surface area contributed by atoms with Crippen molar-refractivity contribution >= 4 is 18.2 Å². The first-order chi connectivity index (χ1) is 12.3. The molecule has 2 rings (SSSR count). The molecule has 0 aromatic heterocycles. The number of carbonyl (C=O) groups is 2. The minimum atomic E-state index is -0.903. The summed E-state index contributed by atoms with van der Waals surface area (Å²) in [5.41, 5.74) is -0.205. The van der Waals surface area contributed by atoms with Crippen LogP contribution in [0.3, 0.4) is 0 Å². The summed E-state index contributed by atoms with van der Waals surface area (Å²) in [6.07, 6.45) is 2.91. The molecule has 1 aromatic rings. The monoisotopic (exact) mass is 361 g/mol. The number of imide groups is 1. The van der Waals surface area contributed by atoms with E-state index in [1.54, 1.807) is 32.2 Å². The Bertz CT molecular complexity index is 702. The molecule has 0 spiro atoms. The predicted molar refractivity (Wildman–Crippen MR) is 99.6 cm³/mol. The molecule has 1 saturated heterocycles. The zero-order valence-corrected chi connectivity index (χ0v) is 16.0. The minimum Gasteiger partial charge on any atom is -0.493 e. The Morgan fingerprint density at radius 2 is 2.04 bits per heavy atom. The Balaban J connectivity index is 2.11. The number of carbonyl (C=O) groups excluding carboxylic acids is 2. The molecule has 0 radical (unpaired) electrons. The number of ether oxygens (including phenoxy) is 2. The SMILES string of the molecule is CCC1(C)NC(=O)N(/N=C/c2ccc(OCCC(C)C)c(OC)c2)C1=O. The standard InChI is InChI=1S/C19H27N3O4/c1-6-19(4)17(23)22(18(24)21-19)20-12-14-7-8-15(16(11-14)25-5)26-10-9-13(2)3/h7-8,11-13H,6,9-10H2,1-5H3,(H,21,24)/b20-12+. The Morgan fingerprint density at radius 3 is 2.62 bits per heavy atom. The van der Waals surface area contributed by atoms with Crippen molar-refractivity contribution in [2.45, 2.75) is 46.1 Å². The van der Waals surface area contributed by atoms with Crippen LogP contribution in [0.2, 0.25) is 0 Å². The van der Waals surface area contributed by atoms with Crippen molar-refractivity contribution in [1.82, 2.24) is 10.3 Å². The lowest BCUT2D eigenvalue weighted by atomic mass is 10.00. The van der Waals surface area contributed by atoms with E-state index in [0.29, 0.717) is 36.0 Å². The number of methoxy groups -OCH3 is 1. The van der Waals surface area contributed by atoms with Gasteiger partial charge in [0.15, 0.2) is 11.5 Å². The summed E-state index contributed by atoms with van der Waals surface area (Å²) in [5, 5.41) is 7.56. The van der Waals surface area contributed by atoms with Crippen LogP contribution in [0, 0.1) is 5.92 Å². The molecule has 7 heteroatoms. The highest BCUT2D eigenvalue weighted by molar-refractivity contribution is 6.07. The van der Waals surface area contributed by atoms with Crippen molar-refractivity contribution in [3.63, 3.8) is 0 Å². The van der Waals surface area contributed by atoms with Crippen LogP contribution >= 0.6 is 0 Å². The second-order valence-electron chi connectivity index (χ2n) is 6.92. The van der Waals surface area contributed by atoms with Crippen molar-refractivity contribution in [3.8, 4) is 11.5 Å². The summed E-state index contributed by atoms with van der Waals surface area (Å²) in [7, 11) is 1.57. The number of hydrazone groups is 1. The molecule has 0 aliphatic carbocycles. The molecule has 1 aromatic carbocycles. The third-order valence-electron chi connectivity index (χ3n) is 4.41. The lowest BCUT2D eigenvalue weighted by Gasteiger charge is -2.17. The molecule has 1 fully saturated rings. The molecule has 1 aliphatic heterocycles. The van der Waals surface area contributed by atoms with Crippen molar-refractivity contribution in [3.05, 3.63) is 23.8 Å². The summed E-state index contributed by atoms with van der Waals surface area (Å²) in [6, 6.07) is 4.83. The summed E-state index contributed by atoms with van der Waals surface area (Å²) in [4.78, 5) is 24.3. The van der Waals surface area contributed by atoms with Gasteiger partial charge in [0, 0.05) is 0 Å². The summed E-state index contributed by atoms with van der Waals surface area (Å²) in [6.45, 7) is 8.42. The lowest BCUT2D eigenvalue weighted by Crippen LogP contribution is -2.42. The topological polar surface area (TPSA) is 80.2 Å². The highest BCUT2D eigenvalue weighted by atomic mass is 16.5. The first-order valence-electron chi connectivity index (χ1n) is 8.82. The van der Waals surface area contributed by atoms with Crippen LogP contribution in [-0.4, -0.2) is 42.4 Å². The Morgan fingerprint density at radius 1 is 1.31 bits per heavy atom. The van der Waals surface area contributed by atoms with Gasteiger partial charge < -0.3 is 14.8 Å². The minimum absolute atomic E-state index is 0.359. The van der Waals surface area contributed by atoms with Crippen LogP contribution in [0.25, 0.3) is 0 Å². The van der Waals surface area contributed by atoms with E-state index in [2.05, 4.69) is 24.3 Å². The van der Waals surface area contributed by atoms with Gasteiger partial charge in [-0.05, 0) is 49.4 Å². The number of amides is 3. The van der Waals surface area contributed by atoms with E-state index in [0.717, 1.165) is 11.4 Å². The van der Waals surface area contributed by atoms with Crippen molar-refractivity contribution in [2.24, 2.45) is 11.0 Å². The number of urea groups is 1. The van der Waals surface area contributed by atoms with E-state index < -0.39 is 11.6 Å². The highest BCUT2D eigenvalue weighted by Crippen LogP contribution is 2.28. The van der Waals surface area contributed by atoms with Gasteiger partial charge in [0.25, 0.3) is 5.91 Å². The van der Waals surface area contributed by atoms with E-state index in [-0.39, 0.29) is 5.91 Å². The number of hydrogen-bond acceptors (Lipinski definition) is 5. The molecule has 7 nitrogen and oxygen atoms in total. The van der Waals surface area contributed by atoms with Gasteiger partial charge in [0.2, 0.25) is 0 Å². The maximum atomic E-state index is 12.3. The van der Waals surface area contributed by atoms with Gasteiger partial charge in [0.1, 0.15) is 5.54 Å². The normalized spacial score (nSPS) is 20.2. The van der Waals surface area contributed by atoms with Crippen LogP contribution in [0.5, 0.6) is 11.5 Å². The van der Waals surface area contributed by atoms with Crippen molar-refractivity contribution < 1.29 is 19.1 Å². The lowest BCUT2D eigenvalue weighted by molar-refractivity contribution is -0.130. The third-order valence-corrected chi connectivity index (χ3v) is 4.41. The largest absolute Gasteiger partial charge is 0.493 e. The van der Waals surface area contributed by atoms with Gasteiger partial charge in [0.05, 0.1) is 19.9 Å². The summed E-state index contributed by atoms with van der Waals surface area (Å²) >= 11 is 0. The molecule has 1 aliphatic rings.